The van der Waals surface area contributed by atoms with Crippen molar-refractivity contribution in [2.75, 3.05) is 26.2 Å². The maximum absolute atomic E-state index is 13.1. The number of likely N-dealkylation sites (tertiary alicyclic amines) is 1. The Hall–Kier alpha value is -3.35. The van der Waals surface area contributed by atoms with Crippen LogP contribution in [-0.2, 0) is 14.3 Å². The van der Waals surface area contributed by atoms with Gasteiger partial charge in [0.05, 0.1) is 5.92 Å². The number of benzene rings is 2. The molecule has 1 aliphatic heterocycles. The lowest BCUT2D eigenvalue weighted by molar-refractivity contribution is -0.147. The second-order valence-corrected chi connectivity index (χ2v) is 9.97. The third-order valence-electron chi connectivity index (χ3n) is 7.91. The Morgan fingerprint density at radius 3 is 2.31 bits per heavy atom. The van der Waals surface area contributed by atoms with Gasteiger partial charge in [0.15, 0.2) is 0 Å². The monoisotopic (exact) mass is 476 g/mol. The maximum atomic E-state index is 13.1. The second kappa shape index (κ2) is 10.1. The third-order valence-corrected chi connectivity index (χ3v) is 7.91. The van der Waals surface area contributed by atoms with Crippen LogP contribution in [0.4, 0.5) is 4.79 Å². The summed E-state index contributed by atoms with van der Waals surface area (Å²) in [5, 5.41) is 12.2. The number of hydrogen-bond acceptors (Lipinski definition) is 4. The molecule has 2 fully saturated rings. The molecule has 2 aromatic rings. The van der Waals surface area contributed by atoms with Crippen molar-refractivity contribution < 1.29 is 24.2 Å². The van der Waals surface area contributed by atoms with Crippen LogP contribution in [0.25, 0.3) is 11.1 Å². The lowest BCUT2D eigenvalue weighted by Gasteiger charge is -2.34. The average Bonchev–Trinajstić information content (AvgIpc) is 3.48. The van der Waals surface area contributed by atoms with Gasteiger partial charge in [-0.05, 0) is 53.9 Å². The average molecular weight is 477 g/mol. The van der Waals surface area contributed by atoms with Gasteiger partial charge in [-0.25, -0.2) is 4.79 Å². The number of nitrogens with one attached hydrogen (secondary N) is 1. The number of rotatable bonds is 6. The van der Waals surface area contributed by atoms with Crippen LogP contribution >= 0.6 is 0 Å². The number of hydrogen-bond donors (Lipinski definition) is 2. The molecular weight excluding hydrogens is 444 g/mol. The quantitative estimate of drug-likeness (QED) is 0.649. The highest BCUT2D eigenvalue weighted by molar-refractivity contribution is 5.81. The minimum atomic E-state index is -0.831. The van der Waals surface area contributed by atoms with Crippen LogP contribution in [0.5, 0.6) is 0 Å². The molecule has 35 heavy (non-hydrogen) atoms. The molecule has 0 bridgehead atoms. The molecule has 2 N–H and O–H groups in total. The number of carbonyl (C=O) groups excluding carboxylic acids is 2. The highest BCUT2D eigenvalue weighted by Gasteiger charge is 2.38. The molecule has 184 valence electrons. The third kappa shape index (κ3) is 4.77. The summed E-state index contributed by atoms with van der Waals surface area (Å²) in [6.45, 7) is 1.56. The van der Waals surface area contributed by atoms with E-state index < -0.39 is 18.0 Å². The molecule has 2 unspecified atom stereocenters. The lowest BCUT2D eigenvalue weighted by Crippen LogP contribution is -2.46. The van der Waals surface area contributed by atoms with Gasteiger partial charge < -0.3 is 20.1 Å². The molecule has 3 aliphatic rings. The van der Waals surface area contributed by atoms with Gasteiger partial charge in [-0.3, -0.25) is 9.59 Å². The number of amides is 2. The predicted molar refractivity (Wildman–Crippen MR) is 131 cm³/mol. The van der Waals surface area contributed by atoms with E-state index in [0.29, 0.717) is 19.5 Å². The van der Waals surface area contributed by atoms with Gasteiger partial charge in [-0.15, -0.1) is 0 Å². The molecule has 2 amide bonds. The minimum absolute atomic E-state index is 0.00948. The van der Waals surface area contributed by atoms with Crippen molar-refractivity contribution in [2.45, 2.75) is 38.0 Å². The van der Waals surface area contributed by atoms with Crippen LogP contribution in [0.15, 0.2) is 48.5 Å². The van der Waals surface area contributed by atoms with Crippen LogP contribution in [0.2, 0.25) is 0 Å². The Balaban J connectivity index is 1.15. The number of alkyl carbamates (subject to hydrolysis) is 1. The molecule has 0 aromatic heterocycles. The molecule has 2 aliphatic carbocycles. The molecule has 3 atom stereocenters. The number of nitrogens with zero attached hydrogens (tertiary/aromatic N) is 1. The highest BCUT2D eigenvalue weighted by Crippen LogP contribution is 2.44. The number of fused-ring (bicyclic) bond motifs is 3. The van der Waals surface area contributed by atoms with E-state index in [-0.39, 0.29) is 36.8 Å². The van der Waals surface area contributed by atoms with Gasteiger partial charge in [0.25, 0.3) is 0 Å². The second-order valence-electron chi connectivity index (χ2n) is 9.97. The summed E-state index contributed by atoms with van der Waals surface area (Å²) in [6, 6.07) is 16.5. The molecule has 5 rings (SSSR count). The fourth-order valence-corrected chi connectivity index (χ4v) is 6.08. The Morgan fingerprint density at radius 2 is 1.63 bits per heavy atom. The standard InChI is InChI=1S/C28H32N2O5/c31-26(30-14-6-8-19(16-30)27(32)33)20-13-5-7-18(20)15-29-28(34)35-17-25-23-11-3-1-9-21(23)22-10-2-4-12-24(22)25/h1-4,9-12,18-20,25H,5-8,13-17H2,(H,29,34)(H,32,33)/t18?,19-,20?/m0/s1. The Labute approximate surface area is 205 Å². The van der Waals surface area contributed by atoms with E-state index in [0.717, 1.165) is 25.7 Å². The van der Waals surface area contributed by atoms with Gasteiger partial charge in [-0.2, -0.15) is 0 Å². The fourth-order valence-electron chi connectivity index (χ4n) is 6.08. The summed E-state index contributed by atoms with van der Waals surface area (Å²) in [4.78, 5) is 38.8. The van der Waals surface area contributed by atoms with Crippen LogP contribution in [0, 0.1) is 17.8 Å². The first kappa shape index (κ1) is 23.4. The number of piperidine rings is 1. The smallest absolute Gasteiger partial charge is 0.407 e. The molecule has 0 spiro atoms. The summed E-state index contributed by atoms with van der Waals surface area (Å²) >= 11 is 0. The summed E-state index contributed by atoms with van der Waals surface area (Å²) in [5.41, 5.74) is 4.72. The van der Waals surface area contributed by atoms with E-state index in [1.807, 2.05) is 24.3 Å². The highest BCUT2D eigenvalue weighted by atomic mass is 16.5. The molecule has 7 heteroatoms. The largest absolute Gasteiger partial charge is 0.481 e. The molecule has 1 saturated heterocycles. The van der Waals surface area contributed by atoms with E-state index >= 15 is 0 Å². The first-order valence-electron chi connectivity index (χ1n) is 12.6. The Bertz CT molecular complexity index is 1070. The zero-order valence-corrected chi connectivity index (χ0v) is 19.8. The van der Waals surface area contributed by atoms with Crippen molar-refractivity contribution in [3.05, 3.63) is 59.7 Å². The van der Waals surface area contributed by atoms with Gasteiger partial charge in [0, 0.05) is 31.5 Å². The van der Waals surface area contributed by atoms with Gasteiger partial charge in [0.2, 0.25) is 5.91 Å². The topological polar surface area (TPSA) is 95.9 Å². The van der Waals surface area contributed by atoms with E-state index in [9.17, 15) is 19.5 Å². The maximum Gasteiger partial charge on any atom is 0.407 e. The summed E-state index contributed by atoms with van der Waals surface area (Å²) in [6.07, 6.45) is 3.47. The molecular formula is C28H32N2O5. The van der Waals surface area contributed by atoms with Crippen molar-refractivity contribution in [3.8, 4) is 11.1 Å². The SMILES string of the molecule is O=C(NCC1CCCC1C(=O)N1CCC[C@H](C(=O)O)C1)OCC1c2ccccc2-c2ccccc21. The van der Waals surface area contributed by atoms with Crippen molar-refractivity contribution in [1.29, 1.82) is 0 Å². The molecule has 1 heterocycles. The van der Waals surface area contributed by atoms with Gasteiger partial charge in [-0.1, -0.05) is 55.0 Å². The summed E-state index contributed by atoms with van der Waals surface area (Å²) in [7, 11) is 0. The number of carboxylic acid groups (broad SMARTS) is 1. The van der Waals surface area contributed by atoms with Gasteiger partial charge >= 0.3 is 12.1 Å². The normalized spacial score (nSPS) is 23.4. The fraction of sp³-hybridized carbons (Fsp3) is 0.464. The summed E-state index contributed by atoms with van der Waals surface area (Å²) in [5.74, 6) is -1.39. The minimum Gasteiger partial charge on any atom is -0.481 e. The van der Waals surface area contributed by atoms with E-state index in [1.54, 1.807) is 4.90 Å². The number of carbonyl (C=O) groups is 3. The van der Waals surface area contributed by atoms with Crippen LogP contribution in [0.3, 0.4) is 0 Å². The van der Waals surface area contributed by atoms with Gasteiger partial charge in [0.1, 0.15) is 6.61 Å². The molecule has 1 saturated carbocycles. The Morgan fingerprint density at radius 1 is 0.943 bits per heavy atom. The van der Waals surface area contributed by atoms with Crippen molar-refractivity contribution in [3.63, 3.8) is 0 Å². The van der Waals surface area contributed by atoms with Crippen LogP contribution in [0.1, 0.15) is 49.1 Å². The number of aliphatic carboxylic acids is 1. The zero-order chi connectivity index (χ0) is 24.4. The number of carboxylic acids is 1. The molecule has 0 radical (unpaired) electrons. The van der Waals surface area contributed by atoms with E-state index in [2.05, 4.69) is 29.6 Å². The molecule has 2 aromatic carbocycles. The van der Waals surface area contributed by atoms with Crippen LogP contribution in [-0.4, -0.2) is 54.2 Å². The summed E-state index contributed by atoms with van der Waals surface area (Å²) < 4.78 is 5.64. The first-order chi connectivity index (χ1) is 17.0. The number of ether oxygens (including phenoxy) is 1. The van der Waals surface area contributed by atoms with Crippen molar-refractivity contribution >= 4 is 18.0 Å². The lowest BCUT2D eigenvalue weighted by atomic mass is 9.92. The van der Waals surface area contributed by atoms with E-state index in [4.69, 9.17) is 4.74 Å². The van der Waals surface area contributed by atoms with Crippen molar-refractivity contribution in [2.24, 2.45) is 17.8 Å². The van der Waals surface area contributed by atoms with Crippen molar-refractivity contribution in [1.82, 2.24) is 10.2 Å². The Kier molecular flexibility index (Phi) is 6.75. The first-order valence-corrected chi connectivity index (χ1v) is 12.6. The van der Waals surface area contributed by atoms with Crippen LogP contribution < -0.4 is 5.32 Å². The zero-order valence-electron chi connectivity index (χ0n) is 19.8. The predicted octanol–water partition coefficient (Wildman–Crippen LogP) is 4.26. The molecule has 7 nitrogen and oxygen atoms in total. The van der Waals surface area contributed by atoms with E-state index in [1.165, 1.54) is 22.3 Å².